The van der Waals surface area contributed by atoms with Gasteiger partial charge in [0.2, 0.25) is 5.91 Å². The molecule has 0 bridgehead atoms. The Labute approximate surface area is 142 Å². The molecule has 0 saturated carbocycles. The molecule has 1 aliphatic heterocycles. The largest absolute Gasteiger partial charge is 0.496 e. The van der Waals surface area contributed by atoms with Crippen LogP contribution >= 0.6 is 0 Å². The van der Waals surface area contributed by atoms with Crippen LogP contribution in [0, 0.1) is 0 Å². The molecular formula is C19H22N2O3. The molecule has 1 aliphatic rings. The van der Waals surface area contributed by atoms with E-state index >= 15 is 0 Å². The van der Waals surface area contributed by atoms with E-state index in [4.69, 9.17) is 9.47 Å². The Bertz CT molecular complexity index is 723. The van der Waals surface area contributed by atoms with Gasteiger partial charge in [-0.1, -0.05) is 18.2 Å². The Balaban J connectivity index is 1.91. The van der Waals surface area contributed by atoms with Crippen LogP contribution in [-0.4, -0.2) is 40.3 Å². The Morgan fingerprint density at radius 2 is 1.58 bits per heavy atom. The lowest BCUT2D eigenvalue weighted by molar-refractivity contribution is -0.118. The Hall–Kier alpha value is -2.69. The highest BCUT2D eigenvalue weighted by Crippen LogP contribution is 2.34. The van der Waals surface area contributed by atoms with Gasteiger partial charge in [-0.25, -0.2) is 0 Å². The number of likely N-dealkylation sites (N-methyl/N-ethyl adjacent to an activating group) is 1. The first-order valence-corrected chi connectivity index (χ1v) is 7.96. The zero-order valence-electron chi connectivity index (χ0n) is 14.3. The summed E-state index contributed by atoms with van der Waals surface area (Å²) in [4.78, 5) is 17.0. The lowest BCUT2D eigenvalue weighted by Gasteiger charge is -2.35. The van der Waals surface area contributed by atoms with Crippen LogP contribution in [0.2, 0.25) is 0 Å². The van der Waals surface area contributed by atoms with E-state index in [0.29, 0.717) is 18.0 Å². The first kappa shape index (κ1) is 16.2. The number of hydrogen-bond donors (Lipinski definition) is 0. The summed E-state index contributed by atoms with van der Waals surface area (Å²) in [6, 6.07) is 13.5. The number of carbonyl (C=O) groups excluding carboxylic acids is 1. The summed E-state index contributed by atoms with van der Waals surface area (Å²) in [6.45, 7) is 1.48. The molecule has 0 radical (unpaired) electrons. The predicted molar refractivity (Wildman–Crippen MR) is 95.3 cm³/mol. The second-order valence-corrected chi connectivity index (χ2v) is 5.77. The van der Waals surface area contributed by atoms with Crippen molar-refractivity contribution in [3.63, 3.8) is 0 Å². The Kier molecular flexibility index (Phi) is 4.60. The zero-order chi connectivity index (χ0) is 17.1. The highest BCUT2D eigenvalue weighted by Gasteiger charge is 2.26. The van der Waals surface area contributed by atoms with Crippen molar-refractivity contribution in [2.24, 2.45) is 0 Å². The maximum Gasteiger partial charge on any atom is 0.231 e. The van der Waals surface area contributed by atoms with E-state index < -0.39 is 0 Å². The van der Waals surface area contributed by atoms with Crippen molar-refractivity contribution in [1.82, 2.24) is 0 Å². The number of carbonyl (C=O) groups is 1. The van der Waals surface area contributed by atoms with E-state index in [2.05, 4.69) is 4.90 Å². The molecular weight excluding hydrogens is 304 g/mol. The van der Waals surface area contributed by atoms with Gasteiger partial charge < -0.3 is 19.3 Å². The number of para-hydroxylation sites is 2. The van der Waals surface area contributed by atoms with Gasteiger partial charge in [0, 0.05) is 25.7 Å². The third-order valence-corrected chi connectivity index (χ3v) is 4.40. The van der Waals surface area contributed by atoms with Crippen LogP contribution in [-0.2, 0) is 11.2 Å². The van der Waals surface area contributed by atoms with Crippen molar-refractivity contribution < 1.29 is 14.3 Å². The first-order chi connectivity index (χ1) is 11.7. The van der Waals surface area contributed by atoms with Crippen LogP contribution in [0.5, 0.6) is 11.5 Å². The number of nitrogens with zero attached hydrogens (tertiary/aromatic N) is 2. The summed E-state index contributed by atoms with van der Waals surface area (Å²) < 4.78 is 10.8. The molecule has 3 rings (SSSR count). The molecule has 0 atom stereocenters. The van der Waals surface area contributed by atoms with Crippen LogP contribution in [0.1, 0.15) is 5.56 Å². The summed E-state index contributed by atoms with van der Waals surface area (Å²) in [6.07, 6.45) is 0.241. The van der Waals surface area contributed by atoms with Crippen LogP contribution in [0.15, 0.2) is 42.5 Å². The maximum atomic E-state index is 13.0. The van der Waals surface area contributed by atoms with E-state index in [1.54, 1.807) is 14.2 Å². The van der Waals surface area contributed by atoms with Crippen molar-refractivity contribution in [1.29, 1.82) is 0 Å². The maximum absolute atomic E-state index is 13.0. The van der Waals surface area contributed by atoms with Crippen molar-refractivity contribution in [3.8, 4) is 11.5 Å². The minimum absolute atomic E-state index is 0.0401. The van der Waals surface area contributed by atoms with E-state index in [1.807, 2.05) is 54.4 Å². The van der Waals surface area contributed by atoms with Gasteiger partial charge in [0.15, 0.2) is 0 Å². The standard InChI is InChI=1S/C19H22N2O3/c1-20-11-12-21(16-8-5-4-7-15(16)20)19(22)13-14-17(23-2)9-6-10-18(14)24-3/h4-10H,11-13H2,1-3H3. The number of amides is 1. The van der Waals surface area contributed by atoms with Crippen molar-refractivity contribution in [2.45, 2.75) is 6.42 Å². The average Bonchev–Trinajstić information content (AvgIpc) is 2.62. The average molecular weight is 326 g/mol. The first-order valence-electron chi connectivity index (χ1n) is 7.96. The predicted octanol–water partition coefficient (Wildman–Crippen LogP) is 2.73. The summed E-state index contributed by atoms with van der Waals surface area (Å²) >= 11 is 0. The Morgan fingerprint density at radius 1 is 0.958 bits per heavy atom. The van der Waals surface area contributed by atoms with Crippen LogP contribution in [0.3, 0.4) is 0 Å². The van der Waals surface area contributed by atoms with Crippen LogP contribution in [0.25, 0.3) is 0 Å². The number of anilines is 2. The number of benzene rings is 2. The van der Waals surface area contributed by atoms with Gasteiger partial charge in [-0.2, -0.15) is 0 Å². The summed E-state index contributed by atoms with van der Waals surface area (Å²) in [7, 11) is 5.26. The molecule has 0 saturated heterocycles. The van der Waals surface area contributed by atoms with Crippen molar-refractivity contribution in [3.05, 3.63) is 48.0 Å². The zero-order valence-corrected chi connectivity index (χ0v) is 14.3. The smallest absolute Gasteiger partial charge is 0.231 e. The fourth-order valence-electron chi connectivity index (χ4n) is 3.11. The molecule has 0 unspecified atom stereocenters. The molecule has 0 spiro atoms. The lowest BCUT2D eigenvalue weighted by Crippen LogP contribution is -2.43. The van der Waals surface area contributed by atoms with E-state index in [-0.39, 0.29) is 12.3 Å². The Morgan fingerprint density at radius 3 is 2.21 bits per heavy atom. The fourth-order valence-corrected chi connectivity index (χ4v) is 3.11. The van der Waals surface area contributed by atoms with Gasteiger partial charge in [0.1, 0.15) is 11.5 Å². The van der Waals surface area contributed by atoms with Crippen LogP contribution in [0.4, 0.5) is 11.4 Å². The van der Waals surface area contributed by atoms with Gasteiger partial charge in [-0.15, -0.1) is 0 Å². The number of hydrogen-bond acceptors (Lipinski definition) is 4. The highest BCUT2D eigenvalue weighted by atomic mass is 16.5. The number of rotatable bonds is 4. The molecule has 0 aromatic heterocycles. The van der Waals surface area contributed by atoms with Gasteiger partial charge >= 0.3 is 0 Å². The highest BCUT2D eigenvalue weighted by molar-refractivity contribution is 5.99. The van der Waals surface area contributed by atoms with Gasteiger partial charge in [0.25, 0.3) is 0 Å². The van der Waals surface area contributed by atoms with E-state index in [9.17, 15) is 4.79 Å². The third kappa shape index (κ3) is 2.89. The molecule has 126 valence electrons. The van der Waals surface area contributed by atoms with E-state index in [0.717, 1.165) is 23.5 Å². The molecule has 0 fully saturated rings. The summed E-state index contributed by atoms with van der Waals surface area (Å²) in [5, 5.41) is 0. The second-order valence-electron chi connectivity index (χ2n) is 5.77. The number of ether oxygens (including phenoxy) is 2. The number of methoxy groups -OCH3 is 2. The molecule has 2 aromatic carbocycles. The molecule has 2 aromatic rings. The monoisotopic (exact) mass is 326 g/mol. The minimum Gasteiger partial charge on any atom is -0.496 e. The summed E-state index contributed by atoms with van der Waals surface area (Å²) in [5.74, 6) is 1.38. The molecule has 1 amide bonds. The summed E-state index contributed by atoms with van der Waals surface area (Å²) in [5.41, 5.74) is 2.80. The quantitative estimate of drug-likeness (QED) is 0.866. The fraction of sp³-hybridized carbons (Fsp3) is 0.316. The lowest BCUT2D eigenvalue weighted by atomic mass is 10.1. The third-order valence-electron chi connectivity index (χ3n) is 4.40. The molecule has 0 aliphatic carbocycles. The van der Waals surface area contributed by atoms with Crippen molar-refractivity contribution in [2.75, 3.05) is 44.2 Å². The SMILES string of the molecule is COc1cccc(OC)c1CC(=O)N1CCN(C)c2ccccc21. The minimum atomic E-state index is 0.0401. The van der Waals surface area contributed by atoms with Gasteiger partial charge in [-0.05, 0) is 24.3 Å². The number of fused-ring (bicyclic) bond motifs is 1. The van der Waals surface area contributed by atoms with Crippen molar-refractivity contribution >= 4 is 17.3 Å². The van der Waals surface area contributed by atoms with Gasteiger partial charge in [-0.3, -0.25) is 4.79 Å². The molecule has 0 N–H and O–H groups in total. The molecule has 5 heteroatoms. The molecule has 24 heavy (non-hydrogen) atoms. The molecule has 5 nitrogen and oxygen atoms in total. The molecule has 1 heterocycles. The normalized spacial score (nSPS) is 13.5. The van der Waals surface area contributed by atoms with Gasteiger partial charge in [0.05, 0.1) is 32.0 Å². The van der Waals surface area contributed by atoms with Crippen LogP contribution < -0.4 is 19.3 Å². The second kappa shape index (κ2) is 6.83. The topological polar surface area (TPSA) is 42.0 Å². The van der Waals surface area contributed by atoms with E-state index in [1.165, 1.54) is 0 Å².